The van der Waals surface area contributed by atoms with E-state index in [9.17, 15) is 4.79 Å². The number of carbonyl (C=O) groups excluding carboxylic acids is 1. The van der Waals surface area contributed by atoms with Gasteiger partial charge in [-0.2, -0.15) is 0 Å². The number of anilines is 1. The van der Waals surface area contributed by atoms with E-state index < -0.39 is 0 Å². The van der Waals surface area contributed by atoms with E-state index in [0.29, 0.717) is 13.0 Å². The highest BCUT2D eigenvalue weighted by Gasteiger charge is 2.12. The minimum atomic E-state index is 0.00238. The van der Waals surface area contributed by atoms with E-state index in [1.807, 2.05) is 25.1 Å². The van der Waals surface area contributed by atoms with Crippen LogP contribution >= 0.6 is 38.5 Å². The minimum absolute atomic E-state index is 0.00238. The molecule has 0 aromatic heterocycles. The zero-order chi connectivity index (χ0) is 17.7. The van der Waals surface area contributed by atoms with Crippen LogP contribution < -0.4 is 10.1 Å². The molecule has 2 aromatic rings. The van der Waals surface area contributed by atoms with E-state index in [0.717, 1.165) is 31.5 Å². The Balaban J connectivity index is 2.23. The molecule has 0 heterocycles. The standard InChI is InChI=1S/C19H21BrINO2/c1-4-13-10-15(20)18(9-12(13)3)24-11-14-16(21)7-6-8-17(14)22-19(23)5-2/h6-10H,4-5,11H2,1-3H3,(H,22,23). The van der Waals surface area contributed by atoms with Gasteiger partial charge in [-0.3, -0.25) is 4.79 Å². The molecule has 24 heavy (non-hydrogen) atoms. The van der Waals surface area contributed by atoms with Gasteiger partial charge in [0.2, 0.25) is 5.91 Å². The molecule has 0 radical (unpaired) electrons. The van der Waals surface area contributed by atoms with E-state index in [2.05, 4.69) is 69.8 Å². The fourth-order valence-electron chi connectivity index (χ4n) is 2.40. The molecule has 0 aliphatic carbocycles. The summed E-state index contributed by atoms with van der Waals surface area (Å²) in [6.07, 6.45) is 1.45. The van der Waals surface area contributed by atoms with Crippen molar-refractivity contribution >= 4 is 50.1 Å². The monoisotopic (exact) mass is 501 g/mol. The molecule has 0 saturated carbocycles. The van der Waals surface area contributed by atoms with Crippen molar-refractivity contribution in [3.05, 3.63) is 55.1 Å². The van der Waals surface area contributed by atoms with Crippen molar-refractivity contribution in [3.8, 4) is 5.75 Å². The Morgan fingerprint density at radius 3 is 2.71 bits per heavy atom. The van der Waals surface area contributed by atoms with Crippen molar-refractivity contribution in [1.29, 1.82) is 0 Å². The highest BCUT2D eigenvalue weighted by Crippen LogP contribution is 2.31. The van der Waals surface area contributed by atoms with Crippen LogP contribution in [0.4, 0.5) is 5.69 Å². The largest absolute Gasteiger partial charge is 0.488 e. The fourth-order valence-corrected chi connectivity index (χ4v) is 3.56. The number of aryl methyl sites for hydroxylation is 2. The van der Waals surface area contributed by atoms with Crippen LogP contribution in [0.2, 0.25) is 0 Å². The summed E-state index contributed by atoms with van der Waals surface area (Å²) in [5.74, 6) is 0.819. The van der Waals surface area contributed by atoms with Crippen LogP contribution in [0.25, 0.3) is 0 Å². The summed E-state index contributed by atoms with van der Waals surface area (Å²) >= 11 is 5.86. The lowest BCUT2D eigenvalue weighted by molar-refractivity contribution is -0.115. The third-order valence-corrected chi connectivity index (χ3v) is 5.49. The molecule has 0 aliphatic heterocycles. The predicted octanol–water partition coefficient (Wildman–Crippen LogP) is 5.85. The fraction of sp³-hybridized carbons (Fsp3) is 0.316. The lowest BCUT2D eigenvalue weighted by Gasteiger charge is -2.15. The maximum absolute atomic E-state index is 11.7. The van der Waals surface area contributed by atoms with Crippen molar-refractivity contribution in [2.75, 3.05) is 5.32 Å². The molecule has 2 rings (SSSR count). The third kappa shape index (κ3) is 4.72. The van der Waals surface area contributed by atoms with Crippen LogP contribution in [0, 0.1) is 10.5 Å². The number of benzene rings is 2. The highest BCUT2D eigenvalue weighted by molar-refractivity contribution is 14.1. The average Bonchev–Trinajstić information content (AvgIpc) is 2.56. The van der Waals surface area contributed by atoms with E-state index in [1.165, 1.54) is 11.1 Å². The molecule has 128 valence electrons. The first-order valence-electron chi connectivity index (χ1n) is 7.95. The summed E-state index contributed by atoms with van der Waals surface area (Å²) < 4.78 is 8.06. The number of hydrogen-bond donors (Lipinski definition) is 1. The van der Waals surface area contributed by atoms with Crippen LogP contribution in [0.15, 0.2) is 34.8 Å². The van der Waals surface area contributed by atoms with Crippen molar-refractivity contribution in [2.45, 2.75) is 40.2 Å². The quantitative estimate of drug-likeness (QED) is 0.504. The number of halogens is 2. The Kier molecular flexibility index (Phi) is 7.10. The number of carbonyl (C=O) groups is 1. The van der Waals surface area contributed by atoms with Crippen LogP contribution in [-0.2, 0) is 17.8 Å². The number of rotatable bonds is 6. The van der Waals surface area contributed by atoms with E-state index in [4.69, 9.17) is 4.74 Å². The van der Waals surface area contributed by atoms with E-state index >= 15 is 0 Å². The van der Waals surface area contributed by atoms with Gasteiger partial charge in [0.05, 0.1) is 4.47 Å². The molecule has 1 N–H and O–H groups in total. The second kappa shape index (κ2) is 8.85. The first kappa shape index (κ1) is 19.2. The van der Waals surface area contributed by atoms with Gasteiger partial charge in [0, 0.05) is 21.2 Å². The van der Waals surface area contributed by atoms with Gasteiger partial charge < -0.3 is 10.1 Å². The number of nitrogens with one attached hydrogen (secondary N) is 1. The molecule has 0 bridgehead atoms. The average molecular weight is 502 g/mol. The zero-order valence-electron chi connectivity index (χ0n) is 14.1. The SMILES string of the molecule is CCC(=O)Nc1cccc(I)c1COc1cc(C)c(CC)cc1Br. The summed E-state index contributed by atoms with van der Waals surface area (Å²) in [5, 5.41) is 2.95. The molecule has 0 atom stereocenters. The van der Waals surface area contributed by atoms with E-state index in [-0.39, 0.29) is 5.91 Å². The van der Waals surface area contributed by atoms with Gasteiger partial charge in [0.25, 0.3) is 0 Å². The van der Waals surface area contributed by atoms with Crippen molar-refractivity contribution in [1.82, 2.24) is 0 Å². The van der Waals surface area contributed by atoms with Crippen molar-refractivity contribution in [3.63, 3.8) is 0 Å². The third-order valence-electron chi connectivity index (χ3n) is 3.86. The molecule has 0 unspecified atom stereocenters. The smallest absolute Gasteiger partial charge is 0.224 e. The second-order valence-corrected chi connectivity index (χ2v) is 7.54. The van der Waals surface area contributed by atoms with Crippen molar-refractivity contribution in [2.24, 2.45) is 0 Å². The summed E-state index contributed by atoms with van der Waals surface area (Å²) in [7, 11) is 0. The van der Waals surface area contributed by atoms with E-state index in [1.54, 1.807) is 0 Å². The molecule has 1 amide bonds. The maximum Gasteiger partial charge on any atom is 0.224 e. The lowest BCUT2D eigenvalue weighted by Crippen LogP contribution is -2.13. The molecular weight excluding hydrogens is 481 g/mol. The van der Waals surface area contributed by atoms with Crippen LogP contribution in [0.5, 0.6) is 5.75 Å². The van der Waals surface area contributed by atoms with Gasteiger partial charge in [0.1, 0.15) is 12.4 Å². The topological polar surface area (TPSA) is 38.3 Å². The molecule has 0 fully saturated rings. The summed E-state index contributed by atoms with van der Waals surface area (Å²) in [5.41, 5.74) is 4.33. The Labute approximate surface area is 165 Å². The first-order valence-corrected chi connectivity index (χ1v) is 9.82. The minimum Gasteiger partial charge on any atom is -0.488 e. The van der Waals surface area contributed by atoms with Crippen LogP contribution in [0.1, 0.15) is 37.0 Å². The number of ether oxygens (including phenoxy) is 1. The Morgan fingerprint density at radius 2 is 2.04 bits per heavy atom. The Bertz CT molecular complexity index is 746. The van der Waals surface area contributed by atoms with Gasteiger partial charge in [-0.1, -0.05) is 19.9 Å². The predicted molar refractivity (Wildman–Crippen MR) is 111 cm³/mol. The normalized spacial score (nSPS) is 10.5. The van der Waals surface area contributed by atoms with Gasteiger partial charge in [-0.25, -0.2) is 0 Å². The Morgan fingerprint density at radius 1 is 1.29 bits per heavy atom. The Hall–Kier alpha value is -1.08. The summed E-state index contributed by atoms with van der Waals surface area (Å²) in [4.78, 5) is 11.7. The van der Waals surface area contributed by atoms with Gasteiger partial charge >= 0.3 is 0 Å². The summed E-state index contributed by atoms with van der Waals surface area (Å²) in [6, 6.07) is 10.0. The van der Waals surface area contributed by atoms with Crippen molar-refractivity contribution < 1.29 is 9.53 Å². The number of hydrogen-bond acceptors (Lipinski definition) is 2. The highest BCUT2D eigenvalue weighted by atomic mass is 127. The van der Waals surface area contributed by atoms with Crippen LogP contribution in [0.3, 0.4) is 0 Å². The molecular formula is C19H21BrINO2. The molecule has 0 aliphatic rings. The summed E-state index contributed by atoms with van der Waals surface area (Å²) in [6.45, 7) is 6.48. The van der Waals surface area contributed by atoms with Gasteiger partial charge in [-0.05, 0) is 87.3 Å². The second-order valence-electron chi connectivity index (χ2n) is 5.52. The zero-order valence-corrected chi connectivity index (χ0v) is 17.8. The molecule has 0 spiro atoms. The van der Waals surface area contributed by atoms with Gasteiger partial charge in [0.15, 0.2) is 0 Å². The molecule has 5 heteroatoms. The van der Waals surface area contributed by atoms with Crippen LogP contribution in [-0.4, -0.2) is 5.91 Å². The molecule has 3 nitrogen and oxygen atoms in total. The maximum atomic E-state index is 11.7. The molecule has 2 aromatic carbocycles. The molecule has 0 saturated heterocycles. The lowest BCUT2D eigenvalue weighted by atomic mass is 10.1. The van der Waals surface area contributed by atoms with Gasteiger partial charge in [-0.15, -0.1) is 0 Å². The first-order chi connectivity index (χ1) is 11.5. The number of amides is 1.